The predicted octanol–water partition coefficient (Wildman–Crippen LogP) is 2.69. The molecule has 0 aromatic heterocycles. The van der Waals surface area contributed by atoms with Gasteiger partial charge in [-0.25, -0.2) is 0 Å². The van der Waals surface area contributed by atoms with E-state index in [0.29, 0.717) is 18.7 Å². The average Bonchev–Trinajstić information content (AvgIpc) is 2.96. The number of methoxy groups -OCH3 is 1. The number of carboxylic acid groups (broad SMARTS) is 1. The molecular formula is C30H35N5O5. The molecule has 210 valence electrons. The van der Waals surface area contributed by atoms with Crippen LogP contribution in [0.4, 0.5) is 0 Å². The lowest BCUT2D eigenvalue weighted by Gasteiger charge is -2.38. The van der Waals surface area contributed by atoms with Gasteiger partial charge < -0.3 is 31.1 Å². The van der Waals surface area contributed by atoms with Gasteiger partial charge in [-0.05, 0) is 41.7 Å². The average molecular weight is 546 g/mol. The number of nitrogens with zero attached hydrogens (tertiary/aromatic N) is 1. The molecular weight excluding hydrogens is 510 g/mol. The maximum Gasteiger partial charge on any atom is 0.322 e. The number of ether oxygens (including phenoxy) is 1. The van der Waals surface area contributed by atoms with Gasteiger partial charge in [-0.15, -0.1) is 0 Å². The Hall–Kier alpha value is -4.86. The molecule has 0 aliphatic rings. The number of carboxylic acids is 1. The number of nitrogens with two attached hydrogens (primary N) is 1. The quantitative estimate of drug-likeness (QED) is 0.118. The van der Waals surface area contributed by atoms with E-state index in [1.165, 1.54) is 0 Å². The van der Waals surface area contributed by atoms with Crippen molar-refractivity contribution in [3.8, 4) is 5.75 Å². The summed E-state index contributed by atoms with van der Waals surface area (Å²) in [5, 5.41) is 21.8. The van der Waals surface area contributed by atoms with Gasteiger partial charge in [0.25, 0.3) is 0 Å². The first-order valence-electron chi connectivity index (χ1n) is 12.9. The highest BCUT2D eigenvalue weighted by molar-refractivity contribution is 5.90. The fourth-order valence-electron chi connectivity index (χ4n) is 4.49. The van der Waals surface area contributed by atoms with E-state index in [4.69, 9.17) is 15.9 Å². The normalized spacial score (nSPS) is 11.3. The summed E-state index contributed by atoms with van der Waals surface area (Å²) >= 11 is 0. The molecule has 2 amide bonds. The molecule has 0 saturated heterocycles. The molecule has 0 aliphatic carbocycles. The summed E-state index contributed by atoms with van der Waals surface area (Å²) in [6.07, 6.45) is 0.609. The van der Waals surface area contributed by atoms with E-state index in [1.54, 1.807) is 36.3 Å². The number of hydrogen-bond donors (Lipinski definition) is 5. The zero-order chi connectivity index (χ0) is 28.9. The Bertz CT molecular complexity index is 1230. The second-order valence-electron chi connectivity index (χ2n) is 9.16. The minimum Gasteiger partial charge on any atom is -0.497 e. The maximum atomic E-state index is 14.2. The molecule has 10 nitrogen and oxygen atoms in total. The van der Waals surface area contributed by atoms with Crippen molar-refractivity contribution in [2.45, 2.75) is 31.3 Å². The summed E-state index contributed by atoms with van der Waals surface area (Å²) in [6, 6.07) is 24.3. The zero-order valence-corrected chi connectivity index (χ0v) is 22.4. The standard InChI is InChI=1S/C30H35N5O5/c1-40-24-16-14-21(15-17-24)19-26(36)35(25(13-8-18-33-30(31)32)29(39)34-20-27(37)38)28(22-9-4-2-5-10-22)23-11-6-3-7-12-23/h2-7,9-12,14-17,25,28H,8,13,18-20H2,1H3,(H,34,39)(H,37,38)(H4,31,32,33)/t25-/m1/s1. The van der Waals surface area contributed by atoms with Gasteiger partial charge >= 0.3 is 5.97 Å². The third-order valence-electron chi connectivity index (χ3n) is 6.33. The molecule has 40 heavy (non-hydrogen) atoms. The van der Waals surface area contributed by atoms with E-state index in [1.807, 2.05) is 60.7 Å². The number of hydrogen-bond acceptors (Lipinski definition) is 5. The Kier molecular flexibility index (Phi) is 11.1. The number of rotatable bonds is 14. The number of carbonyl (C=O) groups is 3. The molecule has 0 unspecified atom stereocenters. The van der Waals surface area contributed by atoms with E-state index in [-0.39, 0.29) is 24.7 Å². The molecule has 10 heteroatoms. The summed E-state index contributed by atoms with van der Waals surface area (Å²) in [5.74, 6) is -1.62. The number of nitrogens with one attached hydrogen (secondary N) is 3. The van der Waals surface area contributed by atoms with Crippen molar-refractivity contribution in [1.29, 1.82) is 5.41 Å². The van der Waals surface area contributed by atoms with E-state index < -0.39 is 30.5 Å². The van der Waals surface area contributed by atoms with Crippen molar-refractivity contribution in [2.24, 2.45) is 5.73 Å². The summed E-state index contributed by atoms with van der Waals surface area (Å²) in [4.78, 5) is 40.6. The fourth-order valence-corrected chi connectivity index (χ4v) is 4.49. The number of aliphatic carboxylic acids is 1. The third-order valence-corrected chi connectivity index (χ3v) is 6.33. The van der Waals surface area contributed by atoms with Crippen LogP contribution in [0.2, 0.25) is 0 Å². The predicted molar refractivity (Wildman–Crippen MR) is 152 cm³/mol. The smallest absolute Gasteiger partial charge is 0.322 e. The monoisotopic (exact) mass is 545 g/mol. The lowest BCUT2D eigenvalue weighted by atomic mass is 9.93. The van der Waals surface area contributed by atoms with E-state index in [2.05, 4.69) is 10.6 Å². The van der Waals surface area contributed by atoms with Crippen LogP contribution in [0.1, 0.15) is 35.6 Å². The molecule has 0 saturated carbocycles. The lowest BCUT2D eigenvalue weighted by molar-refractivity contribution is -0.143. The summed E-state index contributed by atoms with van der Waals surface area (Å²) in [6.45, 7) is -0.275. The number of carbonyl (C=O) groups excluding carboxylic acids is 2. The lowest BCUT2D eigenvalue weighted by Crippen LogP contribution is -2.52. The van der Waals surface area contributed by atoms with Gasteiger partial charge in [0.2, 0.25) is 11.8 Å². The minimum absolute atomic E-state index is 0.00850. The second-order valence-corrected chi connectivity index (χ2v) is 9.16. The molecule has 3 aromatic carbocycles. The minimum atomic E-state index is -1.19. The van der Waals surface area contributed by atoms with Gasteiger partial charge in [-0.2, -0.15) is 0 Å². The van der Waals surface area contributed by atoms with E-state index in [9.17, 15) is 19.5 Å². The zero-order valence-electron chi connectivity index (χ0n) is 22.4. The van der Waals surface area contributed by atoms with Crippen molar-refractivity contribution in [2.75, 3.05) is 20.2 Å². The van der Waals surface area contributed by atoms with Crippen LogP contribution in [-0.2, 0) is 20.8 Å². The highest BCUT2D eigenvalue weighted by Gasteiger charge is 2.36. The van der Waals surface area contributed by atoms with Crippen LogP contribution >= 0.6 is 0 Å². The summed E-state index contributed by atoms with van der Waals surface area (Å²) in [5.41, 5.74) is 7.76. The third kappa shape index (κ3) is 8.59. The maximum absolute atomic E-state index is 14.2. The molecule has 0 spiro atoms. The first-order valence-corrected chi connectivity index (χ1v) is 12.9. The van der Waals surface area contributed by atoms with Crippen LogP contribution in [0.25, 0.3) is 0 Å². The Morgan fingerprint density at radius 3 is 2.00 bits per heavy atom. The van der Waals surface area contributed by atoms with Crippen LogP contribution in [0.5, 0.6) is 5.75 Å². The van der Waals surface area contributed by atoms with Crippen molar-refractivity contribution in [1.82, 2.24) is 15.5 Å². The Morgan fingerprint density at radius 2 is 1.50 bits per heavy atom. The van der Waals surface area contributed by atoms with Crippen LogP contribution in [0, 0.1) is 5.41 Å². The topological polar surface area (TPSA) is 158 Å². The van der Waals surface area contributed by atoms with Crippen molar-refractivity contribution < 1.29 is 24.2 Å². The molecule has 3 aromatic rings. The van der Waals surface area contributed by atoms with Crippen LogP contribution in [0.3, 0.4) is 0 Å². The highest BCUT2D eigenvalue weighted by atomic mass is 16.5. The molecule has 0 aliphatic heterocycles. The first-order chi connectivity index (χ1) is 19.3. The Balaban J connectivity index is 2.09. The number of guanidine groups is 1. The Labute approximate surface area is 233 Å². The first kappa shape index (κ1) is 29.7. The van der Waals surface area contributed by atoms with Gasteiger partial charge in [0.15, 0.2) is 5.96 Å². The second kappa shape index (κ2) is 14.9. The highest BCUT2D eigenvalue weighted by Crippen LogP contribution is 2.32. The van der Waals surface area contributed by atoms with Gasteiger partial charge in [-0.3, -0.25) is 19.8 Å². The van der Waals surface area contributed by atoms with Gasteiger partial charge in [0, 0.05) is 6.54 Å². The van der Waals surface area contributed by atoms with Gasteiger partial charge in [0.1, 0.15) is 18.3 Å². The van der Waals surface area contributed by atoms with Crippen molar-refractivity contribution in [3.05, 3.63) is 102 Å². The molecule has 6 N–H and O–H groups in total. The number of benzene rings is 3. The molecule has 0 radical (unpaired) electrons. The van der Waals surface area contributed by atoms with E-state index >= 15 is 0 Å². The molecule has 3 rings (SSSR count). The van der Waals surface area contributed by atoms with Gasteiger partial charge in [0.05, 0.1) is 19.6 Å². The van der Waals surface area contributed by atoms with Crippen LogP contribution < -0.4 is 21.1 Å². The molecule has 0 heterocycles. The SMILES string of the molecule is COc1ccc(CC(=O)N(C(c2ccccc2)c2ccccc2)[C@H](CCCNC(=N)N)C(=O)NCC(=O)O)cc1. The number of amides is 2. The fraction of sp³-hybridized carbons (Fsp3) is 0.267. The molecule has 1 atom stereocenters. The van der Waals surface area contributed by atoms with Crippen LogP contribution in [0.15, 0.2) is 84.9 Å². The van der Waals surface area contributed by atoms with Crippen molar-refractivity contribution >= 4 is 23.7 Å². The van der Waals surface area contributed by atoms with Crippen molar-refractivity contribution in [3.63, 3.8) is 0 Å². The molecule has 0 bridgehead atoms. The largest absolute Gasteiger partial charge is 0.497 e. The van der Waals surface area contributed by atoms with Crippen LogP contribution in [-0.4, -0.2) is 60.0 Å². The Morgan fingerprint density at radius 1 is 0.925 bits per heavy atom. The summed E-state index contributed by atoms with van der Waals surface area (Å²) in [7, 11) is 1.56. The van der Waals surface area contributed by atoms with Gasteiger partial charge in [-0.1, -0.05) is 72.8 Å². The van der Waals surface area contributed by atoms with E-state index in [0.717, 1.165) is 16.7 Å². The summed E-state index contributed by atoms with van der Waals surface area (Å²) < 4.78 is 5.24. The molecule has 0 fully saturated rings.